The first-order valence-corrected chi connectivity index (χ1v) is 12.8. The second kappa shape index (κ2) is 8.97. The van der Waals surface area contributed by atoms with Crippen molar-refractivity contribution in [2.45, 2.75) is 44.3 Å². The third kappa shape index (κ3) is 3.84. The van der Waals surface area contributed by atoms with Gasteiger partial charge in [-0.3, -0.25) is 14.9 Å². The zero-order valence-corrected chi connectivity index (χ0v) is 20.7. The van der Waals surface area contributed by atoms with Crippen molar-refractivity contribution in [2.75, 3.05) is 0 Å². The summed E-state index contributed by atoms with van der Waals surface area (Å²) in [6.45, 7) is 0.428. The molecule has 2 N–H and O–H groups in total. The van der Waals surface area contributed by atoms with Crippen molar-refractivity contribution in [1.82, 2.24) is 34.6 Å². The molecule has 196 valence electrons. The van der Waals surface area contributed by atoms with Crippen LogP contribution in [0.2, 0.25) is 0 Å². The molecule has 3 aromatic heterocycles. The van der Waals surface area contributed by atoms with Crippen LogP contribution in [-0.4, -0.2) is 51.7 Å². The van der Waals surface area contributed by atoms with Crippen LogP contribution >= 0.6 is 0 Å². The van der Waals surface area contributed by atoms with Crippen LogP contribution in [0.25, 0.3) is 33.9 Å². The lowest BCUT2D eigenvalue weighted by Crippen LogP contribution is -2.39. The fraction of sp³-hybridized carbons (Fsp3) is 0.250. The van der Waals surface area contributed by atoms with Gasteiger partial charge in [-0.25, -0.2) is 18.7 Å². The van der Waals surface area contributed by atoms with E-state index in [9.17, 15) is 14.3 Å². The molecule has 2 atom stereocenters. The SMILES string of the molecule is O=C1c2cc(F)ccc2CN1[C@H]1CCC[C@@H](n2c(-c3c(O)cccc3F)nc3cnc(-c4ncn[nH]4)cc32)C1. The molecule has 1 aliphatic heterocycles. The molecule has 1 fully saturated rings. The van der Waals surface area contributed by atoms with Gasteiger partial charge < -0.3 is 14.6 Å². The Morgan fingerprint density at radius 1 is 1.05 bits per heavy atom. The first-order chi connectivity index (χ1) is 19.0. The van der Waals surface area contributed by atoms with E-state index in [4.69, 9.17) is 4.98 Å². The number of imidazole rings is 1. The van der Waals surface area contributed by atoms with Crippen LogP contribution in [0.4, 0.5) is 8.78 Å². The Balaban J connectivity index is 1.33. The third-order valence-corrected chi connectivity index (χ3v) is 7.78. The lowest BCUT2D eigenvalue weighted by atomic mass is 9.89. The van der Waals surface area contributed by atoms with Gasteiger partial charge in [-0.1, -0.05) is 12.1 Å². The maximum Gasteiger partial charge on any atom is 0.254 e. The Hall–Kier alpha value is -4.67. The number of H-pyrrole nitrogens is 1. The second-order valence-corrected chi connectivity index (χ2v) is 10.0. The third-order valence-electron chi connectivity index (χ3n) is 7.78. The lowest BCUT2D eigenvalue weighted by molar-refractivity contribution is 0.0630. The monoisotopic (exact) mass is 527 g/mol. The molecular formula is C28H23F2N7O2. The van der Waals surface area contributed by atoms with Crippen molar-refractivity contribution in [3.05, 3.63) is 77.8 Å². The minimum Gasteiger partial charge on any atom is -0.507 e. The van der Waals surface area contributed by atoms with Crippen LogP contribution in [-0.2, 0) is 6.54 Å². The van der Waals surface area contributed by atoms with E-state index in [-0.39, 0.29) is 29.3 Å². The molecule has 39 heavy (non-hydrogen) atoms. The van der Waals surface area contributed by atoms with Crippen LogP contribution in [0, 0.1) is 11.6 Å². The summed E-state index contributed by atoms with van der Waals surface area (Å²) < 4.78 is 30.9. The minimum atomic E-state index is -0.588. The number of benzene rings is 2. The molecule has 9 nitrogen and oxygen atoms in total. The number of aromatic nitrogens is 6. The van der Waals surface area contributed by atoms with E-state index in [0.717, 1.165) is 24.8 Å². The van der Waals surface area contributed by atoms with Gasteiger partial charge in [0.1, 0.15) is 40.7 Å². The first-order valence-electron chi connectivity index (χ1n) is 12.8. The van der Waals surface area contributed by atoms with Gasteiger partial charge in [0, 0.05) is 24.2 Å². The normalized spacial score (nSPS) is 19.1. The Morgan fingerprint density at radius 3 is 2.74 bits per heavy atom. The number of amides is 1. The number of phenolic OH excluding ortho intramolecular Hbond substituents is 1. The zero-order chi connectivity index (χ0) is 26.7. The van der Waals surface area contributed by atoms with Gasteiger partial charge in [-0.05, 0) is 61.6 Å². The quantitative estimate of drug-likeness (QED) is 0.340. The number of hydrogen-bond donors (Lipinski definition) is 2. The number of pyridine rings is 1. The van der Waals surface area contributed by atoms with Crippen molar-refractivity contribution in [2.24, 2.45) is 0 Å². The van der Waals surface area contributed by atoms with Gasteiger partial charge >= 0.3 is 0 Å². The van der Waals surface area contributed by atoms with Gasteiger partial charge in [0.05, 0.1) is 17.3 Å². The van der Waals surface area contributed by atoms with Gasteiger partial charge in [-0.15, -0.1) is 0 Å². The molecule has 0 unspecified atom stereocenters. The highest BCUT2D eigenvalue weighted by molar-refractivity contribution is 5.98. The average Bonchev–Trinajstić information content (AvgIpc) is 3.67. The van der Waals surface area contributed by atoms with E-state index in [2.05, 4.69) is 20.2 Å². The van der Waals surface area contributed by atoms with Gasteiger partial charge in [0.25, 0.3) is 5.91 Å². The molecule has 2 aromatic carbocycles. The molecule has 11 heteroatoms. The molecule has 0 saturated heterocycles. The Kier molecular flexibility index (Phi) is 5.39. The fourth-order valence-electron chi connectivity index (χ4n) is 5.98. The Bertz CT molecular complexity index is 1710. The molecule has 0 spiro atoms. The standard InChI is InChI=1S/C28H23F2N7O2/c29-16-8-7-15-13-36(28(39)19(15)9-16)17-3-1-4-18(10-17)37-23-11-21(26-32-14-33-35-26)31-12-22(23)34-27(37)25-20(30)5-2-6-24(25)38/h2,5-9,11-12,14,17-18,38H,1,3-4,10,13H2,(H,32,33,35)/t17-,18+/m0/s1. The maximum atomic E-state index is 15.1. The molecule has 4 heterocycles. The van der Waals surface area contributed by atoms with E-state index in [1.54, 1.807) is 12.3 Å². The van der Waals surface area contributed by atoms with E-state index in [0.29, 0.717) is 46.9 Å². The number of halogens is 2. The summed E-state index contributed by atoms with van der Waals surface area (Å²) in [6, 6.07) is 10.1. The summed E-state index contributed by atoms with van der Waals surface area (Å²) in [5.74, 6) is -0.630. The van der Waals surface area contributed by atoms with Crippen LogP contribution in [0.5, 0.6) is 5.75 Å². The molecule has 2 aliphatic rings. The summed E-state index contributed by atoms with van der Waals surface area (Å²) in [7, 11) is 0. The predicted molar refractivity (Wildman–Crippen MR) is 138 cm³/mol. The molecule has 1 amide bonds. The van der Waals surface area contributed by atoms with Crippen LogP contribution < -0.4 is 0 Å². The van der Waals surface area contributed by atoms with Gasteiger partial charge in [-0.2, -0.15) is 5.10 Å². The van der Waals surface area contributed by atoms with E-state index in [1.807, 2.05) is 15.5 Å². The minimum absolute atomic E-state index is 0.0113. The van der Waals surface area contributed by atoms with Crippen molar-refractivity contribution < 1.29 is 18.7 Å². The van der Waals surface area contributed by atoms with Crippen molar-refractivity contribution in [1.29, 1.82) is 0 Å². The summed E-state index contributed by atoms with van der Waals surface area (Å²) in [4.78, 5) is 28.4. The number of phenols is 1. The van der Waals surface area contributed by atoms with Crippen molar-refractivity contribution in [3.63, 3.8) is 0 Å². The molecule has 0 radical (unpaired) electrons. The molecule has 0 bridgehead atoms. The predicted octanol–water partition coefficient (Wildman–Crippen LogP) is 5.01. The summed E-state index contributed by atoms with van der Waals surface area (Å²) >= 11 is 0. The largest absolute Gasteiger partial charge is 0.507 e. The highest BCUT2D eigenvalue weighted by Crippen LogP contribution is 2.42. The van der Waals surface area contributed by atoms with Crippen LogP contribution in [0.15, 0.2) is 55.0 Å². The Labute approximate surface area is 221 Å². The molecule has 1 aliphatic carbocycles. The number of fused-ring (bicyclic) bond motifs is 2. The summed E-state index contributed by atoms with van der Waals surface area (Å²) in [5.41, 5.74) is 3.03. The zero-order valence-electron chi connectivity index (χ0n) is 20.7. The molecular weight excluding hydrogens is 504 g/mol. The van der Waals surface area contributed by atoms with Crippen LogP contribution in [0.1, 0.15) is 47.6 Å². The smallest absolute Gasteiger partial charge is 0.254 e. The van der Waals surface area contributed by atoms with Crippen molar-refractivity contribution in [3.8, 4) is 28.7 Å². The summed E-state index contributed by atoms with van der Waals surface area (Å²) in [5, 5.41) is 17.4. The fourth-order valence-corrected chi connectivity index (χ4v) is 5.98. The number of rotatable bonds is 4. The number of carbonyl (C=O) groups is 1. The molecule has 7 rings (SSSR count). The topological polar surface area (TPSA) is 113 Å². The highest BCUT2D eigenvalue weighted by Gasteiger charge is 2.37. The number of nitrogens with zero attached hydrogens (tertiary/aromatic N) is 6. The highest BCUT2D eigenvalue weighted by atomic mass is 19.1. The number of nitrogens with one attached hydrogen (secondary N) is 1. The van der Waals surface area contributed by atoms with Crippen molar-refractivity contribution >= 4 is 16.9 Å². The molecule has 1 saturated carbocycles. The van der Waals surface area contributed by atoms with E-state index >= 15 is 4.39 Å². The molecule has 5 aromatic rings. The van der Waals surface area contributed by atoms with Crippen LogP contribution in [0.3, 0.4) is 0 Å². The maximum absolute atomic E-state index is 15.1. The number of aromatic amines is 1. The lowest BCUT2D eigenvalue weighted by Gasteiger charge is -2.36. The second-order valence-electron chi connectivity index (χ2n) is 10.0. The number of hydrogen-bond acceptors (Lipinski definition) is 6. The Morgan fingerprint density at radius 2 is 1.92 bits per heavy atom. The van der Waals surface area contributed by atoms with E-state index in [1.165, 1.54) is 36.7 Å². The first kappa shape index (κ1) is 23.4. The number of carbonyl (C=O) groups excluding carboxylic acids is 1. The average molecular weight is 528 g/mol. The van der Waals surface area contributed by atoms with E-state index < -0.39 is 11.6 Å². The van der Waals surface area contributed by atoms with Gasteiger partial charge in [0.15, 0.2) is 5.82 Å². The van der Waals surface area contributed by atoms with Gasteiger partial charge in [0.2, 0.25) is 0 Å². The number of aromatic hydroxyl groups is 1. The summed E-state index contributed by atoms with van der Waals surface area (Å²) in [6.07, 6.45) is 5.98.